The fourth-order valence-electron chi connectivity index (χ4n) is 2.34. The molecule has 0 aliphatic heterocycles. The molecule has 2 rings (SSSR count). The summed E-state index contributed by atoms with van der Waals surface area (Å²) < 4.78 is 0. The minimum Gasteiger partial charge on any atom is -0.352 e. The molecule has 19 heavy (non-hydrogen) atoms. The van der Waals surface area contributed by atoms with E-state index in [2.05, 4.69) is 20.6 Å². The average molecular weight is 262 g/mol. The van der Waals surface area contributed by atoms with Crippen LogP contribution in [-0.4, -0.2) is 28.5 Å². The van der Waals surface area contributed by atoms with Crippen molar-refractivity contribution in [1.29, 1.82) is 0 Å². The molecule has 1 saturated carbocycles. The van der Waals surface area contributed by atoms with Gasteiger partial charge in [-0.15, -0.1) is 0 Å². The molecule has 1 aromatic rings. The van der Waals surface area contributed by atoms with Gasteiger partial charge < -0.3 is 10.6 Å². The molecule has 1 aliphatic rings. The molecule has 0 spiro atoms. The van der Waals surface area contributed by atoms with Crippen molar-refractivity contribution < 1.29 is 4.79 Å². The van der Waals surface area contributed by atoms with E-state index in [1.54, 1.807) is 12.4 Å². The largest absolute Gasteiger partial charge is 0.352 e. The van der Waals surface area contributed by atoms with Crippen LogP contribution >= 0.6 is 0 Å². The van der Waals surface area contributed by atoms with Crippen LogP contribution in [0.15, 0.2) is 12.4 Å². The fraction of sp³-hybridized carbons (Fsp3) is 0.643. The molecule has 2 N–H and O–H groups in total. The van der Waals surface area contributed by atoms with Crippen LogP contribution in [-0.2, 0) is 11.3 Å². The molecule has 5 heteroatoms. The van der Waals surface area contributed by atoms with Gasteiger partial charge in [-0.3, -0.25) is 14.8 Å². The van der Waals surface area contributed by atoms with E-state index < -0.39 is 0 Å². The Morgan fingerprint density at radius 3 is 2.74 bits per heavy atom. The number of carbonyl (C=O) groups is 1. The van der Waals surface area contributed by atoms with E-state index in [1.807, 2.05) is 6.92 Å². The van der Waals surface area contributed by atoms with Crippen LogP contribution in [0.2, 0.25) is 0 Å². The van der Waals surface area contributed by atoms with Crippen molar-refractivity contribution in [3.05, 3.63) is 23.8 Å². The van der Waals surface area contributed by atoms with Crippen molar-refractivity contribution >= 4 is 5.91 Å². The summed E-state index contributed by atoms with van der Waals surface area (Å²) in [5, 5.41) is 6.17. The minimum atomic E-state index is 0.0759. The lowest BCUT2D eigenvalue weighted by Crippen LogP contribution is -2.41. The lowest BCUT2D eigenvalue weighted by atomic mass is 9.95. The molecule has 1 fully saturated rings. The summed E-state index contributed by atoms with van der Waals surface area (Å²) in [5.74, 6) is 0.0759. The zero-order valence-corrected chi connectivity index (χ0v) is 11.5. The van der Waals surface area contributed by atoms with Crippen LogP contribution in [0.5, 0.6) is 0 Å². The third kappa shape index (κ3) is 4.95. The van der Waals surface area contributed by atoms with E-state index in [0.717, 1.165) is 24.2 Å². The summed E-state index contributed by atoms with van der Waals surface area (Å²) in [5.41, 5.74) is 1.76. The number of carbonyl (C=O) groups excluding carboxylic acids is 1. The Morgan fingerprint density at radius 2 is 2.05 bits per heavy atom. The van der Waals surface area contributed by atoms with Gasteiger partial charge in [0.15, 0.2) is 0 Å². The van der Waals surface area contributed by atoms with Gasteiger partial charge in [0, 0.05) is 25.0 Å². The van der Waals surface area contributed by atoms with Gasteiger partial charge in [-0.25, -0.2) is 0 Å². The highest BCUT2D eigenvalue weighted by molar-refractivity contribution is 5.78. The molecule has 1 amide bonds. The SMILES string of the molecule is Cc1cnc(CNCC(=O)NC2CCCCC2)cn1. The Balaban J connectivity index is 1.64. The van der Waals surface area contributed by atoms with Crippen LogP contribution in [0.25, 0.3) is 0 Å². The third-order valence-corrected chi connectivity index (χ3v) is 3.40. The minimum absolute atomic E-state index is 0.0759. The van der Waals surface area contributed by atoms with E-state index in [4.69, 9.17) is 0 Å². The Morgan fingerprint density at radius 1 is 1.26 bits per heavy atom. The van der Waals surface area contributed by atoms with Crippen molar-refractivity contribution in [3.63, 3.8) is 0 Å². The number of amides is 1. The second-order valence-electron chi connectivity index (χ2n) is 5.16. The second kappa shape index (κ2) is 7.19. The second-order valence-corrected chi connectivity index (χ2v) is 5.16. The van der Waals surface area contributed by atoms with E-state index in [1.165, 1.54) is 19.3 Å². The van der Waals surface area contributed by atoms with Gasteiger partial charge in [0.2, 0.25) is 5.91 Å². The van der Waals surface area contributed by atoms with E-state index in [9.17, 15) is 4.79 Å². The Bertz CT molecular complexity index is 398. The molecular weight excluding hydrogens is 240 g/mol. The fourth-order valence-corrected chi connectivity index (χ4v) is 2.34. The van der Waals surface area contributed by atoms with Crippen molar-refractivity contribution in [1.82, 2.24) is 20.6 Å². The van der Waals surface area contributed by atoms with Gasteiger partial charge >= 0.3 is 0 Å². The smallest absolute Gasteiger partial charge is 0.234 e. The average Bonchev–Trinajstić information content (AvgIpc) is 2.42. The van der Waals surface area contributed by atoms with Crippen LogP contribution < -0.4 is 10.6 Å². The first kappa shape index (κ1) is 13.9. The highest BCUT2D eigenvalue weighted by atomic mass is 16.1. The number of nitrogens with zero attached hydrogens (tertiary/aromatic N) is 2. The molecule has 1 aliphatic carbocycles. The molecule has 1 aromatic heterocycles. The molecule has 0 unspecified atom stereocenters. The van der Waals surface area contributed by atoms with Gasteiger partial charge in [-0.1, -0.05) is 19.3 Å². The predicted molar refractivity (Wildman–Crippen MR) is 73.5 cm³/mol. The molecular formula is C14H22N4O. The maximum absolute atomic E-state index is 11.7. The molecule has 0 radical (unpaired) electrons. The first-order chi connectivity index (χ1) is 9.24. The molecule has 0 saturated heterocycles. The van der Waals surface area contributed by atoms with Crippen molar-refractivity contribution in [2.75, 3.05) is 6.54 Å². The predicted octanol–water partition coefficient (Wildman–Crippen LogP) is 1.32. The van der Waals surface area contributed by atoms with Crippen LogP contribution in [0.4, 0.5) is 0 Å². The third-order valence-electron chi connectivity index (χ3n) is 3.40. The first-order valence-electron chi connectivity index (χ1n) is 7.01. The highest BCUT2D eigenvalue weighted by Gasteiger charge is 2.15. The van der Waals surface area contributed by atoms with Gasteiger partial charge in [0.25, 0.3) is 0 Å². The number of nitrogens with one attached hydrogen (secondary N) is 2. The molecule has 0 aromatic carbocycles. The van der Waals surface area contributed by atoms with Gasteiger partial charge in [-0.05, 0) is 19.8 Å². The van der Waals surface area contributed by atoms with E-state index >= 15 is 0 Å². The van der Waals surface area contributed by atoms with Crippen molar-refractivity contribution in [3.8, 4) is 0 Å². The Hall–Kier alpha value is -1.49. The van der Waals surface area contributed by atoms with E-state index in [0.29, 0.717) is 19.1 Å². The van der Waals surface area contributed by atoms with Crippen molar-refractivity contribution in [2.24, 2.45) is 0 Å². The maximum atomic E-state index is 11.7. The standard InChI is InChI=1S/C14H22N4O/c1-11-7-17-13(9-16-11)8-15-10-14(19)18-12-5-3-2-4-6-12/h7,9,12,15H,2-6,8,10H2,1H3,(H,18,19). The monoisotopic (exact) mass is 262 g/mol. The maximum Gasteiger partial charge on any atom is 0.234 e. The molecule has 5 nitrogen and oxygen atoms in total. The Kier molecular flexibility index (Phi) is 5.27. The number of hydrogen-bond acceptors (Lipinski definition) is 4. The molecule has 1 heterocycles. The van der Waals surface area contributed by atoms with Gasteiger partial charge in [-0.2, -0.15) is 0 Å². The summed E-state index contributed by atoms with van der Waals surface area (Å²) in [6, 6.07) is 0.377. The summed E-state index contributed by atoms with van der Waals surface area (Å²) in [6.07, 6.45) is 9.48. The van der Waals surface area contributed by atoms with Crippen LogP contribution in [0, 0.1) is 6.92 Å². The summed E-state index contributed by atoms with van der Waals surface area (Å²) >= 11 is 0. The normalized spacial score (nSPS) is 16.3. The van der Waals surface area contributed by atoms with Crippen LogP contribution in [0.1, 0.15) is 43.5 Å². The summed E-state index contributed by atoms with van der Waals surface area (Å²) in [4.78, 5) is 20.1. The zero-order valence-electron chi connectivity index (χ0n) is 11.5. The zero-order chi connectivity index (χ0) is 13.5. The summed E-state index contributed by atoms with van der Waals surface area (Å²) in [7, 11) is 0. The number of aromatic nitrogens is 2. The van der Waals surface area contributed by atoms with Gasteiger partial charge in [0.05, 0.1) is 17.9 Å². The number of rotatable bonds is 5. The lowest BCUT2D eigenvalue weighted by molar-refractivity contribution is -0.121. The quantitative estimate of drug-likeness (QED) is 0.840. The van der Waals surface area contributed by atoms with Gasteiger partial charge in [0.1, 0.15) is 0 Å². The summed E-state index contributed by atoms with van der Waals surface area (Å²) in [6.45, 7) is 2.82. The lowest BCUT2D eigenvalue weighted by Gasteiger charge is -2.22. The van der Waals surface area contributed by atoms with E-state index in [-0.39, 0.29) is 5.91 Å². The molecule has 0 atom stereocenters. The topological polar surface area (TPSA) is 66.9 Å². The highest BCUT2D eigenvalue weighted by Crippen LogP contribution is 2.17. The molecule has 0 bridgehead atoms. The van der Waals surface area contributed by atoms with Crippen LogP contribution in [0.3, 0.4) is 0 Å². The Labute approximate surface area is 114 Å². The first-order valence-corrected chi connectivity index (χ1v) is 7.01. The number of aryl methyl sites for hydroxylation is 1. The number of hydrogen-bond donors (Lipinski definition) is 2. The molecule has 104 valence electrons. The van der Waals surface area contributed by atoms with Crippen molar-refractivity contribution in [2.45, 2.75) is 51.6 Å².